The molecule has 0 N–H and O–H groups in total. The van der Waals surface area contributed by atoms with Gasteiger partial charge in [0.05, 0.1) is 11.0 Å². The summed E-state index contributed by atoms with van der Waals surface area (Å²) >= 11 is 1.84. The van der Waals surface area contributed by atoms with Crippen molar-refractivity contribution in [2.45, 2.75) is 0 Å². The second kappa shape index (κ2) is 12.6. The van der Waals surface area contributed by atoms with Crippen molar-refractivity contribution in [2.75, 3.05) is 0 Å². The fourth-order valence-electron chi connectivity index (χ4n) is 8.38. The van der Waals surface area contributed by atoms with Crippen molar-refractivity contribution < 1.29 is 4.42 Å². The Morgan fingerprint density at radius 3 is 1.61 bits per heavy atom. The van der Waals surface area contributed by atoms with E-state index in [1.165, 1.54) is 42.0 Å². The Morgan fingerprint density at radius 2 is 0.930 bits per heavy atom. The van der Waals surface area contributed by atoms with Crippen LogP contribution in [-0.2, 0) is 0 Å². The molecule has 0 amide bonds. The van der Waals surface area contributed by atoms with Crippen LogP contribution in [0.25, 0.3) is 115 Å². The number of aromatic nitrogens is 4. The fourth-order valence-corrected chi connectivity index (χ4v) is 9.44. The van der Waals surface area contributed by atoms with Crippen LogP contribution in [0.5, 0.6) is 0 Å². The van der Waals surface area contributed by atoms with E-state index in [1.807, 2.05) is 84.1 Å². The Labute approximate surface area is 330 Å². The van der Waals surface area contributed by atoms with Gasteiger partial charge >= 0.3 is 0 Å². The lowest BCUT2D eigenvalue weighted by molar-refractivity contribution is 0.670. The molecule has 0 fully saturated rings. The summed E-state index contributed by atoms with van der Waals surface area (Å²) in [6, 6.07) is 63.8. The molecule has 266 valence electrons. The molecule has 0 bridgehead atoms. The molecule has 0 saturated carbocycles. The fraction of sp³-hybridized carbons (Fsp3) is 0. The van der Waals surface area contributed by atoms with Gasteiger partial charge < -0.3 is 8.98 Å². The Bertz CT molecular complexity index is 3420. The van der Waals surface area contributed by atoms with E-state index in [0.29, 0.717) is 17.5 Å². The molecular weight excluding hydrogens is 717 g/mol. The SMILES string of the molecule is c1ccc(-c2nc(-c3ccccc3)nc(-c3ccc4oc5c(-c6ccc7sc8ccc(-n9c%10ccccc%10c%10ccccc%109)cc8c7c6)cccc5c4c3)n2)cc1. The van der Waals surface area contributed by atoms with Crippen molar-refractivity contribution in [2.24, 2.45) is 0 Å². The maximum Gasteiger partial charge on any atom is 0.164 e. The highest BCUT2D eigenvalue weighted by atomic mass is 32.1. The minimum atomic E-state index is 0.616. The summed E-state index contributed by atoms with van der Waals surface area (Å²) in [4.78, 5) is 14.9. The Kier molecular flexibility index (Phi) is 7.03. The Morgan fingerprint density at radius 1 is 0.386 bits per heavy atom. The van der Waals surface area contributed by atoms with Crippen molar-refractivity contribution in [3.8, 4) is 51.0 Å². The number of para-hydroxylation sites is 3. The molecule has 0 unspecified atom stereocenters. The predicted molar refractivity (Wildman–Crippen MR) is 236 cm³/mol. The van der Waals surface area contributed by atoms with Gasteiger partial charge in [-0.2, -0.15) is 0 Å². The van der Waals surface area contributed by atoms with Gasteiger partial charge in [0, 0.05) is 69.7 Å². The van der Waals surface area contributed by atoms with Crippen LogP contribution in [0.1, 0.15) is 0 Å². The molecule has 6 heteroatoms. The van der Waals surface area contributed by atoms with Crippen LogP contribution in [0.15, 0.2) is 186 Å². The van der Waals surface area contributed by atoms with Crippen molar-refractivity contribution in [1.82, 2.24) is 19.5 Å². The van der Waals surface area contributed by atoms with E-state index in [0.717, 1.165) is 55.4 Å². The standard InChI is InChI=1S/C51H30N4OS/c1-3-12-31(13-4-1)49-52-50(32-14-5-2-6-15-32)54-51(53-49)34-22-25-45-40(29-34)39-19-11-18-36(48(39)56-45)33-23-26-46-41(28-33)42-30-35(24-27-47(42)57-46)55-43-20-9-7-16-37(43)38-17-8-10-21-44(38)55/h1-30H. The minimum Gasteiger partial charge on any atom is -0.455 e. The third kappa shape index (κ3) is 5.12. The van der Waals surface area contributed by atoms with Gasteiger partial charge in [-0.15, -0.1) is 11.3 Å². The van der Waals surface area contributed by atoms with E-state index in [4.69, 9.17) is 19.4 Å². The molecular formula is C51H30N4OS. The molecule has 0 saturated heterocycles. The minimum absolute atomic E-state index is 0.616. The summed E-state index contributed by atoms with van der Waals surface area (Å²) in [6.07, 6.45) is 0. The van der Waals surface area contributed by atoms with Gasteiger partial charge in [0.2, 0.25) is 0 Å². The summed E-state index contributed by atoms with van der Waals surface area (Å²) in [5.74, 6) is 1.89. The van der Waals surface area contributed by atoms with Crippen LogP contribution in [-0.4, -0.2) is 19.5 Å². The third-order valence-corrected chi connectivity index (χ3v) is 12.2. The van der Waals surface area contributed by atoms with Crippen LogP contribution < -0.4 is 0 Å². The molecule has 0 atom stereocenters. The first-order valence-corrected chi connectivity index (χ1v) is 19.8. The second-order valence-electron chi connectivity index (χ2n) is 14.4. The number of rotatable bonds is 5. The number of thiophene rings is 1. The van der Waals surface area contributed by atoms with Crippen LogP contribution in [0.2, 0.25) is 0 Å². The predicted octanol–water partition coefficient (Wildman–Crippen LogP) is 13.9. The molecule has 12 aromatic rings. The molecule has 4 aromatic heterocycles. The van der Waals surface area contributed by atoms with Gasteiger partial charge in [-0.25, -0.2) is 15.0 Å². The lowest BCUT2D eigenvalue weighted by atomic mass is 10.00. The van der Waals surface area contributed by atoms with E-state index in [2.05, 4.69) is 114 Å². The Balaban J connectivity index is 0.987. The second-order valence-corrected chi connectivity index (χ2v) is 15.5. The summed E-state index contributed by atoms with van der Waals surface area (Å²) in [7, 11) is 0. The quantitative estimate of drug-likeness (QED) is 0.176. The largest absolute Gasteiger partial charge is 0.455 e. The number of fused-ring (bicyclic) bond motifs is 9. The van der Waals surface area contributed by atoms with Crippen molar-refractivity contribution in [3.05, 3.63) is 182 Å². The van der Waals surface area contributed by atoms with Gasteiger partial charge in [0.15, 0.2) is 17.5 Å². The highest BCUT2D eigenvalue weighted by Crippen LogP contribution is 2.42. The van der Waals surface area contributed by atoms with E-state index in [-0.39, 0.29) is 0 Å². The summed E-state index contributed by atoms with van der Waals surface area (Å²) < 4.78 is 11.6. The summed E-state index contributed by atoms with van der Waals surface area (Å²) in [5, 5.41) is 7.08. The number of nitrogens with zero attached hydrogens (tertiary/aromatic N) is 4. The molecule has 0 radical (unpaired) electrons. The topological polar surface area (TPSA) is 56.7 Å². The normalized spacial score (nSPS) is 11.9. The molecule has 0 spiro atoms. The van der Waals surface area contributed by atoms with Crippen molar-refractivity contribution in [1.29, 1.82) is 0 Å². The van der Waals surface area contributed by atoms with E-state index in [9.17, 15) is 0 Å². The lowest BCUT2D eigenvalue weighted by Gasteiger charge is -2.08. The molecule has 8 aromatic carbocycles. The van der Waals surface area contributed by atoms with Gasteiger partial charge in [0.25, 0.3) is 0 Å². The summed E-state index contributed by atoms with van der Waals surface area (Å²) in [5.41, 5.74) is 10.2. The summed E-state index contributed by atoms with van der Waals surface area (Å²) in [6.45, 7) is 0. The smallest absolute Gasteiger partial charge is 0.164 e. The average Bonchev–Trinajstić information content (AvgIpc) is 3.95. The molecule has 0 aliphatic heterocycles. The third-order valence-electron chi connectivity index (χ3n) is 11.1. The first kappa shape index (κ1) is 31.9. The number of benzene rings is 8. The monoisotopic (exact) mass is 746 g/mol. The zero-order chi connectivity index (χ0) is 37.5. The van der Waals surface area contributed by atoms with E-state index in [1.54, 1.807) is 0 Å². The average molecular weight is 747 g/mol. The van der Waals surface area contributed by atoms with Crippen LogP contribution in [0.4, 0.5) is 0 Å². The zero-order valence-corrected chi connectivity index (χ0v) is 31.2. The van der Waals surface area contributed by atoms with Gasteiger partial charge in [-0.1, -0.05) is 121 Å². The molecule has 4 heterocycles. The first-order valence-electron chi connectivity index (χ1n) is 19.0. The van der Waals surface area contributed by atoms with Gasteiger partial charge in [-0.3, -0.25) is 0 Å². The van der Waals surface area contributed by atoms with E-state index >= 15 is 0 Å². The highest BCUT2D eigenvalue weighted by molar-refractivity contribution is 7.25. The molecule has 57 heavy (non-hydrogen) atoms. The lowest BCUT2D eigenvalue weighted by Crippen LogP contribution is -2.00. The maximum absolute atomic E-state index is 6.69. The number of hydrogen-bond acceptors (Lipinski definition) is 5. The van der Waals surface area contributed by atoms with Crippen molar-refractivity contribution >= 4 is 75.3 Å². The highest BCUT2D eigenvalue weighted by Gasteiger charge is 2.18. The van der Waals surface area contributed by atoms with Crippen LogP contribution in [0.3, 0.4) is 0 Å². The van der Waals surface area contributed by atoms with Crippen LogP contribution in [0, 0.1) is 0 Å². The number of furan rings is 1. The first-order chi connectivity index (χ1) is 28.2. The molecule has 12 rings (SSSR count). The molecule has 5 nitrogen and oxygen atoms in total. The molecule has 0 aliphatic carbocycles. The Hall–Kier alpha value is -7.41. The van der Waals surface area contributed by atoms with E-state index < -0.39 is 0 Å². The van der Waals surface area contributed by atoms with Gasteiger partial charge in [0.1, 0.15) is 11.2 Å². The maximum atomic E-state index is 6.69. The zero-order valence-electron chi connectivity index (χ0n) is 30.4. The van der Waals surface area contributed by atoms with Gasteiger partial charge in [-0.05, 0) is 66.2 Å². The number of hydrogen-bond donors (Lipinski definition) is 0. The van der Waals surface area contributed by atoms with Crippen LogP contribution >= 0.6 is 11.3 Å². The molecule has 0 aliphatic rings. The van der Waals surface area contributed by atoms with Crippen molar-refractivity contribution in [3.63, 3.8) is 0 Å².